The van der Waals surface area contributed by atoms with Gasteiger partial charge in [-0.2, -0.15) is 0 Å². The number of pyridine rings is 1. The Bertz CT molecular complexity index is 1400. The summed E-state index contributed by atoms with van der Waals surface area (Å²) in [5, 5.41) is 2.97. The summed E-state index contributed by atoms with van der Waals surface area (Å²) >= 11 is 0. The molecule has 0 fully saturated rings. The van der Waals surface area contributed by atoms with Crippen LogP contribution < -0.4 is 5.44 Å². The number of fused-ring (bicyclic) bond motifs is 2. The molecule has 5 nitrogen and oxygen atoms in total. The lowest BCUT2D eigenvalue weighted by molar-refractivity contribution is 0.386. The fourth-order valence-electron chi connectivity index (χ4n) is 3.72. The van der Waals surface area contributed by atoms with E-state index in [4.69, 9.17) is 0 Å². The third-order valence-electron chi connectivity index (χ3n) is 5.06. The fraction of sp³-hybridized carbons (Fsp3) is 0. The van der Waals surface area contributed by atoms with Gasteiger partial charge in [0.05, 0.1) is 5.52 Å². The van der Waals surface area contributed by atoms with Crippen molar-refractivity contribution in [1.29, 1.82) is 0 Å². The quantitative estimate of drug-likeness (QED) is 0.378. The lowest BCUT2D eigenvalue weighted by atomic mass is 9.94. The number of nitrogens with one attached hydrogen (secondary N) is 1. The van der Waals surface area contributed by atoms with Crippen LogP contribution in [-0.2, 0) is 4.57 Å². The van der Waals surface area contributed by atoms with Crippen LogP contribution in [0.15, 0.2) is 85.1 Å². The smallest absolute Gasteiger partial charge is 0.361 e. The zero-order chi connectivity index (χ0) is 20.0. The number of aromatic amines is 1. The van der Waals surface area contributed by atoms with Crippen LogP contribution in [-0.4, -0.2) is 19.8 Å². The molecule has 0 atom stereocenters. The van der Waals surface area contributed by atoms with Crippen LogP contribution in [0.2, 0.25) is 0 Å². The molecular weight excluding hydrogens is 383 g/mol. The molecule has 0 radical (unpaired) electrons. The summed E-state index contributed by atoms with van der Waals surface area (Å²) in [5.74, 6) is 0. The predicted octanol–water partition coefficient (Wildman–Crippen LogP) is 4.85. The normalized spacial score (nSPS) is 11.9. The van der Waals surface area contributed by atoms with Crippen LogP contribution in [0.1, 0.15) is 0 Å². The molecule has 142 valence electrons. The number of hydrogen-bond acceptors (Lipinski definition) is 2. The second-order valence-electron chi connectivity index (χ2n) is 6.92. The molecule has 0 aliphatic carbocycles. The fourth-order valence-corrected chi connectivity index (χ4v) is 4.22. The number of benzene rings is 3. The van der Waals surface area contributed by atoms with Crippen molar-refractivity contribution >= 4 is 34.7 Å². The van der Waals surface area contributed by atoms with Crippen molar-refractivity contribution in [2.24, 2.45) is 0 Å². The van der Waals surface area contributed by atoms with Crippen molar-refractivity contribution in [3.05, 3.63) is 85.1 Å². The van der Waals surface area contributed by atoms with E-state index in [9.17, 15) is 14.4 Å². The van der Waals surface area contributed by atoms with Gasteiger partial charge in [0.25, 0.3) is 0 Å². The molecule has 2 heterocycles. The van der Waals surface area contributed by atoms with Gasteiger partial charge in [0, 0.05) is 22.8 Å². The third-order valence-corrected chi connectivity index (χ3v) is 5.91. The Morgan fingerprint density at radius 1 is 0.793 bits per heavy atom. The summed E-state index contributed by atoms with van der Waals surface area (Å²) in [5.41, 5.74) is 4.09. The minimum atomic E-state index is -4.46. The predicted molar refractivity (Wildman–Crippen MR) is 116 cm³/mol. The minimum absolute atomic E-state index is 0.223. The topological polar surface area (TPSA) is 86.2 Å². The summed E-state index contributed by atoms with van der Waals surface area (Å²) in [6.45, 7) is 0. The maximum Gasteiger partial charge on any atom is 0.374 e. The average molecular weight is 400 g/mol. The number of H-pyrrole nitrogens is 1. The minimum Gasteiger partial charge on any atom is -0.361 e. The highest BCUT2D eigenvalue weighted by Gasteiger charge is 2.21. The number of aromatic nitrogens is 2. The van der Waals surface area contributed by atoms with Crippen LogP contribution in [0, 0.1) is 0 Å². The van der Waals surface area contributed by atoms with Crippen molar-refractivity contribution in [1.82, 2.24) is 9.97 Å². The highest BCUT2D eigenvalue weighted by atomic mass is 31.2. The van der Waals surface area contributed by atoms with Crippen LogP contribution in [0.25, 0.3) is 44.1 Å². The molecule has 3 aromatic carbocycles. The molecule has 5 rings (SSSR count). The van der Waals surface area contributed by atoms with Gasteiger partial charge < -0.3 is 14.8 Å². The second-order valence-corrected chi connectivity index (χ2v) is 8.47. The van der Waals surface area contributed by atoms with Crippen LogP contribution >= 0.6 is 7.60 Å². The second kappa shape index (κ2) is 6.68. The molecule has 2 aromatic heterocycles. The summed E-state index contributed by atoms with van der Waals surface area (Å²) < 4.78 is 11.8. The first-order valence-corrected chi connectivity index (χ1v) is 10.7. The van der Waals surface area contributed by atoms with E-state index in [0.29, 0.717) is 5.52 Å². The molecule has 6 heteroatoms. The van der Waals surface area contributed by atoms with Gasteiger partial charge in [0.15, 0.2) is 5.44 Å². The van der Waals surface area contributed by atoms with Crippen molar-refractivity contribution < 1.29 is 14.4 Å². The Labute approximate surface area is 166 Å². The van der Waals surface area contributed by atoms with Crippen molar-refractivity contribution in [2.75, 3.05) is 0 Å². The Hall–Kier alpha value is -3.24. The number of hydrogen-bond donors (Lipinski definition) is 3. The summed E-state index contributed by atoms with van der Waals surface area (Å²) in [6, 6.07) is 25.2. The monoisotopic (exact) mass is 400 g/mol. The van der Waals surface area contributed by atoms with E-state index in [-0.39, 0.29) is 5.44 Å². The number of nitrogens with zero attached hydrogens (tertiary/aromatic N) is 1. The lowest BCUT2D eigenvalue weighted by Gasteiger charge is -2.13. The van der Waals surface area contributed by atoms with Gasteiger partial charge in [-0.05, 0) is 52.2 Å². The third kappa shape index (κ3) is 3.15. The van der Waals surface area contributed by atoms with Gasteiger partial charge in [-0.3, -0.25) is 4.57 Å². The van der Waals surface area contributed by atoms with Gasteiger partial charge in [-0.1, -0.05) is 48.5 Å². The lowest BCUT2D eigenvalue weighted by Crippen LogP contribution is -2.09. The van der Waals surface area contributed by atoms with Crippen molar-refractivity contribution in [3.63, 3.8) is 0 Å². The summed E-state index contributed by atoms with van der Waals surface area (Å²) in [4.78, 5) is 26.9. The average Bonchev–Trinajstić information content (AvgIpc) is 3.26. The van der Waals surface area contributed by atoms with Gasteiger partial charge in [0.1, 0.15) is 0 Å². The highest BCUT2D eigenvalue weighted by Crippen LogP contribution is 2.38. The van der Waals surface area contributed by atoms with Gasteiger partial charge in [0.2, 0.25) is 0 Å². The molecule has 0 saturated carbocycles. The van der Waals surface area contributed by atoms with E-state index in [0.717, 1.165) is 38.5 Å². The largest absolute Gasteiger partial charge is 0.374 e. The van der Waals surface area contributed by atoms with E-state index in [1.807, 2.05) is 72.9 Å². The highest BCUT2D eigenvalue weighted by molar-refractivity contribution is 7.60. The summed E-state index contributed by atoms with van der Waals surface area (Å²) in [7, 11) is -4.46. The van der Waals surface area contributed by atoms with Gasteiger partial charge >= 0.3 is 7.60 Å². The van der Waals surface area contributed by atoms with E-state index in [1.54, 1.807) is 6.07 Å². The molecule has 3 N–H and O–H groups in total. The molecule has 0 bridgehead atoms. The Morgan fingerprint density at radius 2 is 1.62 bits per heavy atom. The zero-order valence-corrected chi connectivity index (χ0v) is 16.2. The van der Waals surface area contributed by atoms with E-state index >= 15 is 0 Å². The maximum absolute atomic E-state index is 11.8. The van der Waals surface area contributed by atoms with Crippen molar-refractivity contribution in [3.8, 4) is 22.4 Å². The molecule has 0 unspecified atom stereocenters. The summed E-state index contributed by atoms with van der Waals surface area (Å²) in [6.07, 6.45) is 1.87. The van der Waals surface area contributed by atoms with E-state index < -0.39 is 7.60 Å². The molecule has 29 heavy (non-hydrogen) atoms. The molecule has 0 spiro atoms. The first-order valence-electron chi connectivity index (χ1n) is 9.13. The van der Waals surface area contributed by atoms with Crippen LogP contribution in [0.5, 0.6) is 0 Å². The molecule has 5 aromatic rings. The van der Waals surface area contributed by atoms with Gasteiger partial charge in [-0.25, -0.2) is 4.98 Å². The molecule has 0 amide bonds. The Balaban J connectivity index is 1.89. The molecule has 0 saturated heterocycles. The standard InChI is InChI=1S/C23H17N2O3P/c26-29(27,28)22-11-10-16-13-17(21-9-4-12-24-21)14-20(23(16)25-22)19-8-3-6-15-5-1-2-7-18(15)19/h1-14,24H,(H2,26,27,28). The SMILES string of the molecule is O=P(O)(O)c1ccc2cc(-c3ccc[nH]3)cc(-c3cccc4ccccc34)c2n1. The Kier molecular flexibility index (Phi) is 4.10. The van der Waals surface area contributed by atoms with Crippen molar-refractivity contribution in [2.45, 2.75) is 0 Å². The molecule has 0 aliphatic heterocycles. The first kappa shape index (κ1) is 17.8. The van der Waals surface area contributed by atoms with E-state index in [2.05, 4.69) is 9.97 Å². The number of rotatable bonds is 3. The molecular formula is C23H17N2O3P. The van der Waals surface area contributed by atoms with Crippen LogP contribution in [0.4, 0.5) is 0 Å². The molecule has 0 aliphatic rings. The first-order chi connectivity index (χ1) is 14.0. The van der Waals surface area contributed by atoms with E-state index in [1.165, 1.54) is 6.07 Å². The zero-order valence-electron chi connectivity index (χ0n) is 15.3. The van der Waals surface area contributed by atoms with Crippen LogP contribution in [0.3, 0.4) is 0 Å². The van der Waals surface area contributed by atoms with Gasteiger partial charge in [-0.15, -0.1) is 0 Å². The maximum atomic E-state index is 11.8. The Morgan fingerprint density at radius 3 is 2.41 bits per heavy atom.